The molecule has 0 amide bonds. The zero-order valence-corrected chi connectivity index (χ0v) is 17.0. The molecular weight excluding hydrogens is 410 g/mol. The van der Waals surface area contributed by atoms with Crippen LogP contribution in [0.1, 0.15) is 18.4 Å². The first-order chi connectivity index (χ1) is 14.2. The Bertz CT molecular complexity index is 1190. The molecule has 3 N–H and O–H groups in total. The quantitative estimate of drug-likeness (QED) is 0.419. The van der Waals surface area contributed by atoms with Crippen LogP contribution in [0.25, 0.3) is 0 Å². The number of hydrogen-bond acceptors (Lipinski definition) is 8. The average molecular weight is 429 g/mol. The molecule has 1 atom stereocenters. The highest BCUT2D eigenvalue weighted by atomic mass is 32.2. The van der Waals surface area contributed by atoms with Gasteiger partial charge in [0.1, 0.15) is 10.7 Å². The molecule has 0 fully saturated rings. The Kier molecular flexibility index (Phi) is 5.61. The van der Waals surface area contributed by atoms with E-state index in [9.17, 15) is 23.3 Å². The summed E-state index contributed by atoms with van der Waals surface area (Å²) in [6.07, 6.45) is 0. The number of nitro groups is 1. The summed E-state index contributed by atoms with van der Waals surface area (Å²) >= 11 is 0. The maximum absolute atomic E-state index is 13.5. The summed E-state index contributed by atoms with van der Waals surface area (Å²) in [5, 5.41) is 14.4. The number of sulfone groups is 1. The van der Waals surface area contributed by atoms with E-state index in [1.54, 1.807) is 18.2 Å². The van der Waals surface area contributed by atoms with Gasteiger partial charge in [0.25, 0.3) is 5.69 Å². The summed E-state index contributed by atoms with van der Waals surface area (Å²) in [6, 6.07) is 13.1. The number of nitro benzene ring substituents is 1. The van der Waals surface area contributed by atoms with E-state index in [1.807, 2.05) is 0 Å². The molecule has 0 radical (unpaired) electrons. The molecule has 0 saturated carbocycles. The monoisotopic (exact) mass is 429 g/mol. The number of nitrogens with one attached hydrogen (secondary N) is 1. The van der Waals surface area contributed by atoms with Gasteiger partial charge in [0.15, 0.2) is 0 Å². The molecular formula is C20H19N3O6S. The van der Waals surface area contributed by atoms with E-state index in [1.165, 1.54) is 43.3 Å². The van der Waals surface area contributed by atoms with Crippen molar-refractivity contribution in [3.8, 4) is 0 Å². The minimum absolute atomic E-state index is 0.0150. The molecule has 1 unspecified atom stereocenters. The third-order valence-electron chi connectivity index (χ3n) is 4.74. The number of nitrogens with zero attached hydrogens (tertiary/aromatic N) is 1. The first-order valence-electron chi connectivity index (χ1n) is 8.79. The molecule has 3 rings (SSSR count). The number of methoxy groups -OCH3 is 1. The molecule has 0 bridgehead atoms. The van der Waals surface area contributed by atoms with E-state index in [-0.39, 0.29) is 38.1 Å². The smallest absolute Gasteiger partial charge is 0.336 e. The topological polar surface area (TPSA) is 142 Å². The highest BCUT2D eigenvalue weighted by Crippen LogP contribution is 2.44. The van der Waals surface area contributed by atoms with Crippen molar-refractivity contribution in [1.29, 1.82) is 0 Å². The van der Waals surface area contributed by atoms with Gasteiger partial charge in [-0.1, -0.05) is 36.4 Å². The Labute approximate surface area is 172 Å². The van der Waals surface area contributed by atoms with E-state index < -0.39 is 26.6 Å². The van der Waals surface area contributed by atoms with Crippen LogP contribution in [0.5, 0.6) is 0 Å². The summed E-state index contributed by atoms with van der Waals surface area (Å²) in [4.78, 5) is 23.2. The Balaban J connectivity index is 2.37. The van der Waals surface area contributed by atoms with Crippen LogP contribution >= 0.6 is 0 Å². The number of carbonyl (C=O) groups is 1. The number of ether oxygens (including phenoxy) is 1. The molecule has 1 heterocycles. The highest BCUT2D eigenvalue weighted by molar-refractivity contribution is 7.95. The van der Waals surface area contributed by atoms with Crippen LogP contribution in [0.2, 0.25) is 0 Å². The Morgan fingerprint density at radius 3 is 2.33 bits per heavy atom. The van der Waals surface area contributed by atoms with Crippen LogP contribution in [0.15, 0.2) is 81.5 Å². The largest absolute Gasteiger partial charge is 0.466 e. The van der Waals surface area contributed by atoms with Crippen molar-refractivity contribution in [2.24, 2.45) is 5.73 Å². The lowest BCUT2D eigenvalue weighted by atomic mass is 9.86. The van der Waals surface area contributed by atoms with Gasteiger partial charge in [0.05, 0.1) is 28.4 Å². The van der Waals surface area contributed by atoms with Gasteiger partial charge in [-0.3, -0.25) is 10.1 Å². The SMILES string of the molecule is COC(=O)C1=C(C)NC(N)=C(S(=O)(=O)c2ccccc2)C1c1ccccc1[N+](=O)[O-]. The molecule has 9 nitrogen and oxygen atoms in total. The third kappa shape index (κ3) is 3.52. The number of hydrogen-bond donors (Lipinski definition) is 2. The molecule has 0 spiro atoms. The zero-order valence-electron chi connectivity index (χ0n) is 16.2. The molecule has 2 aromatic carbocycles. The van der Waals surface area contributed by atoms with Crippen LogP contribution in [-0.2, 0) is 19.4 Å². The minimum Gasteiger partial charge on any atom is -0.466 e. The van der Waals surface area contributed by atoms with E-state index in [0.29, 0.717) is 0 Å². The number of dihydropyridines is 1. The molecule has 1 aliphatic rings. The van der Waals surface area contributed by atoms with Gasteiger partial charge in [-0.2, -0.15) is 0 Å². The highest BCUT2D eigenvalue weighted by Gasteiger charge is 2.43. The fraction of sp³-hybridized carbons (Fsp3) is 0.150. The van der Waals surface area contributed by atoms with Crippen LogP contribution in [0.4, 0.5) is 5.69 Å². The molecule has 0 aromatic heterocycles. The van der Waals surface area contributed by atoms with Gasteiger partial charge < -0.3 is 15.8 Å². The third-order valence-corrected chi connectivity index (χ3v) is 6.66. The van der Waals surface area contributed by atoms with Crippen molar-refractivity contribution < 1.29 is 22.9 Å². The number of para-hydroxylation sites is 1. The number of rotatable bonds is 5. The number of nitrogens with two attached hydrogens (primary N) is 1. The lowest BCUT2D eigenvalue weighted by Crippen LogP contribution is -2.35. The molecule has 2 aromatic rings. The number of benzene rings is 2. The molecule has 0 aliphatic carbocycles. The predicted molar refractivity (Wildman–Crippen MR) is 109 cm³/mol. The molecule has 1 aliphatic heterocycles. The van der Waals surface area contributed by atoms with Crippen molar-refractivity contribution >= 4 is 21.5 Å². The van der Waals surface area contributed by atoms with Gasteiger partial charge >= 0.3 is 5.97 Å². The van der Waals surface area contributed by atoms with Crippen LogP contribution in [0.3, 0.4) is 0 Å². The van der Waals surface area contributed by atoms with E-state index in [0.717, 1.165) is 7.11 Å². The second-order valence-electron chi connectivity index (χ2n) is 6.50. The van der Waals surface area contributed by atoms with E-state index in [2.05, 4.69) is 5.32 Å². The van der Waals surface area contributed by atoms with Gasteiger partial charge in [0.2, 0.25) is 9.84 Å². The lowest BCUT2D eigenvalue weighted by molar-refractivity contribution is -0.385. The van der Waals surface area contributed by atoms with Crippen molar-refractivity contribution in [3.63, 3.8) is 0 Å². The van der Waals surface area contributed by atoms with Crippen molar-refractivity contribution in [2.75, 3.05) is 7.11 Å². The second-order valence-corrected chi connectivity index (χ2v) is 8.42. The van der Waals surface area contributed by atoms with Crippen molar-refractivity contribution in [3.05, 3.63) is 92.3 Å². The molecule has 156 valence electrons. The van der Waals surface area contributed by atoms with E-state index in [4.69, 9.17) is 10.5 Å². The van der Waals surface area contributed by atoms with E-state index >= 15 is 0 Å². The predicted octanol–water partition coefficient (Wildman–Crippen LogP) is 2.33. The normalized spacial score (nSPS) is 16.8. The van der Waals surface area contributed by atoms with Crippen LogP contribution in [0, 0.1) is 10.1 Å². The fourth-order valence-electron chi connectivity index (χ4n) is 3.44. The van der Waals surface area contributed by atoms with Gasteiger partial charge in [-0.05, 0) is 19.1 Å². The first-order valence-corrected chi connectivity index (χ1v) is 10.3. The Hall–Kier alpha value is -3.66. The fourth-order valence-corrected chi connectivity index (χ4v) is 5.10. The van der Waals surface area contributed by atoms with Crippen LogP contribution in [-0.4, -0.2) is 26.4 Å². The van der Waals surface area contributed by atoms with Gasteiger partial charge in [-0.25, -0.2) is 13.2 Å². The summed E-state index contributed by atoms with van der Waals surface area (Å²) in [6.45, 7) is 1.52. The first kappa shape index (κ1) is 21.1. The maximum atomic E-state index is 13.5. The van der Waals surface area contributed by atoms with Crippen LogP contribution < -0.4 is 11.1 Å². The summed E-state index contributed by atoms with van der Waals surface area (Å²) in [5.41, 5.74) is 5.93. The summed E-state index contributed by atoms with van der Waals surface area (Å²) in [7, 11) is -3.08. The Morgan fingerprint density at radius 1 is 1.13 bits per heavy atom. The molecule has 30 heavy (non-hydrogen) atoms. The minimum atomic E-state index is -4.22. The number of carbonyl (C=O) groups excluding carboxylic acids is 1. The lowest BCUT2D eigenvalue weighted by Gasteiger charge is -2.30. The number of allylic oxidation sites excluding steroid dienone is 2. The summed E-state index contributed by atoms with van der Waals surface area (Å²) < 4.78 is 31.9. The molecule has 10 heteroatoms. The molecule has 0 saturated heterocycles. The average Bonchev–Trinajstić information content (AvgIpc) is 2.73. The second kappa shape index (κ2) is 7.99. The zero-order chi connectivity index (χ0) is 22.1. The van der Waals surface area contributed by atoms with Gasteiger partial charge in [0, 0.05) is 17.3 Å². The van der Waals surface area contributed by atoms with Gasteiger partial charge in [-0.15, -0.1) is 0 Å². The standard InChI is InChI=1S/C20H19N3O6S/c1-12-16(20(24)29-2)17(14-10-6-7-11-15(14)23(25)26)18(19(21)22-12)30(27,28)13-8-4-3-5-9-13/h3-11,17,22H,21H2,1-2H3. The summed E-state index contributed by atoms with van der Waals surface area (Å²) in [5.74, 6) is -2.37. The maximum Gasteiger partial charge on any atom is 0.336 e. The van der Waals surface area contributed by atoms with Crippen molar-refractivity contribution in [1.82, 2.24) is 5.32 Å². The number of esters is 1. The Morgan fingerprint density at radius 2 is 1.73 bits per heavy atom. The van der Waals surface area contributed by atoms with Crippen molar-refractivity contribution in [2.45, 2.75) is 17.7 Å².